The quantitative estimate of drug-likeness (QED) is 0.0420. The Morgan fingerprint density at radius 3 is 0.943 bits per heavy atom. The van der Waals surface area contributed by atoms with Gasteiger partial charge in [-0.3, -0.25) is 4.79 Å². The number of allylic oxidation sites excluding steroid dienone is 15. The van der Waals surface area contributed by atoms with Gasteiger partial charge in [0.15, 0.2) is 0 Å². The molecule has 0 bridgehead atoms. The number of amides is 1. The molecule has 0 fully saturated rings. The van der Waals surface area contributed by atoms with E-state index in [2.05, 4.69) is 104 Å². The Labute approximate surface area is 436 Å². The second-order valence-electron chi connectivity index (χ2n) is 20.4. The minimum Gasteiger partial charge on any atom is -0.394 e. The summed E-state index contributed by atoms with van der Waals surface area (Å²) < 4.78 is 0. The Morgan fingerprint density at radius 1 is 0.357 bits per heavy atom. The van der Waals surface area contributed by atoms with Gasteiger partial charge in [-0.25, -0.2) is 0 Å². The number of hydrogen-bond donors (Lipinski definition) is 3. The molecule has 0 aromatic rings. The van der Waals surface area contributed by atoms with E-state index in [0.717, 1.165) is 70.6 Å². The molecular formula is C66H117NO3. The molecule has 0 saturated carbocycles. The van der Waals surface area contributed by atoms with Crippen LogP contribution in [0.5, 0.6) is 0 Å². The lowest BCUT2D eigenvalue weighted by Crippen LogP contribution is -2.45. The molecule has 0 rings (SSSR count). The molecule has 0 aromatic carbocycles. The summed E-state index contributed by atoms with van der Waals surface area (Å²) in [5.74, 6) is -0.0623. The van der Waals surface area contributed by atoms with Crippen LogP contribution >= 0.6 is 0 Å². The molecule has 1 amide bonds. The Balaban J connectivity index is 3.48. The fraction of sp³-hybridized carbons (Fsp3) is 0.742. The third-order valence-corrected chi connectivity index (χ3v) is 13.6. The molecule has 0 aliphatic carbocycles. The average Bonchev–Trinajstić information content (AvgIpc) is 3.36. The normalized spacial score (nSPS) is 13.5. The van der Waals surface area contributed by atoms with Crippen LogP contribution in [0.1, 0.15) is 296 Å². The van der Waals surface area contributed by atoms with Gasteiger partial charge in [-0.1, -0.05) is 310 Å². The summed E-state index contributed by atoms with van der Waals surface area (Å²) in [6.07, 6.45) is 90.2. The van der Waals surface area contributed by atoms with E-state index < -0.39 is 12.1 Å². The highest BCUT2D eigenvalue weighted by Gasteiger charge is 2.18. The van der Waals surface area contributed by atoms with Gasteiger partial charge < -0.3 is 15.5 Å². The summed E-state index contributed by atoms with van der Waals surface area (Å²) >= 11 is 0. The van der Waals surface area contributed by atoms with Gasteiger partial charge in [0.2, 0.25) is 5.91 Å². The van der Waals surface area contributed by atoms with Gasteiger partial charge in [-0.15, -0.1) is 0 Å². The molecule has 0 aliphatic heterocycles. The second-order valence-corrected chi connectivity index (χ2v) is 20.4. The second kappa shape index (κ2) is 60.6. The van der Waals surface area contributed by atoms with Crippen LogP contribution < -0.4 is 5.32 Å². The van der Waals surface area contributed by atoms with E-state index in [9.17, 15) is 15.0 Å². The van der Waals surface area contributed by atoms with Crippen molar-refractivity contribution in [2.75, 3.05) is 6.61 Å². The van der Waals surface area contributed by atoms with E-state index in [0.29, 0.717) is 6.42 Å². The van der Waals surface area contributed by atoms with Gasteiger partial charge in [0.05, 0.1) is 18.8 Å². The van der Waals surface area contributed by atoms with Crippen molar-refractivity contribution in [3.05, 3.63) is 97.2 Å². The van der Waals surface area contributed by atoms with Crippen LogP contribution in [0.15, 0.2) is 97.2 Å². The Bertz CT molecular complexity index is 1290. The standard InChI is InChI=1S/C66H117NO3/c1-3-5-7-9-11-13-15-17-19-21-22-23-24-25-26-27-28-29-30-31-32-33-34-35-36-37-38-39-40-41-42-43-44-46-48-50-52-54-56-58-60-62-66(70)67-64(63-68)65(69)61-59-57-55-53-51-49-47-45-20-18-16-14-12-10-8-6-4-2/h5,7,11,13,17,19,22-23,25-26,28-29,31-32,59,61,64-65,68-69H,3-4,6,8-10,12,14-16,18,20-21,24,27,30,33-58,60,62-63H2,1-2H3,(H,67,70)/b7-5-,13-11-,19-17-,23-22-,26-25-,29-28-,32-31-,61-59+. The number of rotatable bonds is 55. The number of hydrogen-bond acceptors (Lipinski definition) is 3. The van der Waals surface area contributed by atoms with E-state index in [-0.39, 0.29) is 12.5 Å². The molecule has 4 nitrogen and oxygen atoms in total. The predicted octanol–water partition coefficient (Wildman–Crippen LogP) is 20.5. The zero-order valence-corrected chi connectivity index (χ0v) is 46.5. The summed E-state index contributed by atoms with van der Waals surface area (Å²) in [5, 5.41) is 23.2. The van der Waals surface area contributed by atoms with Crippen LogP contribution in [0.2, 0.25) is 0 Å². The van der Waals surface area contributed by atoms with Gasteiger partial charge in [0, 0.05) is 6.42 Å². The fourth-order valence-electron chi connectivity index (χ4n) is 8.98. The highest BCUT2D eigenvalue weighted by Crippen LogP contribution is 2.17. The summed E-state index contributed by atoms with van der Waals surface area (Å²) in [4.78, 5) is 12.5. The minimum absolute atomic E-state index is 0.0623. The van der Waals surface area contributed by atoms with Gasteiger partial charge in [-0.05, 0) is 77.0 Å². The number of nitrogens with one attached hydrogen (secondary N) is 1. The SMILES string of the molecule is CC/C=C\C/C=C\C/C=C\C/C=C\C/C=C\C/C=C\C/C=C\CCCCCCCCCCCCCCCCCCCCCC(=O)NC(CO)C(O)/C=C/CCCCCCCCCCCCCCCCC. The van der Waals surface area contributed by atoms with Gasteiger partial charge in [0.25, 0.3) is 0 Å². The Kier molecular flexibility index (Phi) is 58.3. The highest BCUT2D eigenvalue weighted by molar-refractivity contribution is 5.76. The molecule has 0 radical (unpaired) electrons. The van der Waals surface area contributed by atoms with Crippen molar-refractivity contribution in [1.82, 2.24) is 5.32 Å². The van der Waals surface area contributed by atoms with Crippen LogP contribution in [0.3, 0.4) is 0 Å². The highest BCUT2D eigenvalue weighted by atomic mass is 16.3. The topological polar surface area (TPSA) is 69.6 Å². The minimum atomic E-state index is -0.841. The Hall–Kier alpha value is -2.69. The van der Waals surface area contributed by atoms with Crippen molar-refractivity contribution in [2.24, 2.45) is 0 Å². The maximum atomic E-state index is 12.5. The van der Waals surface area contributed by atoms with Crippen molar-refractivity contribution in [3.63, 3.8) is 0 Å². The van der Waals surface area contributed by atoms with Crippen molar-refractivity contribution in [1.29, 1.82) is 0 Å². The molecule has 0 saturated heterocycles. The summed E-state index contributed by atoms with van der Waals surface area (Å²) in [7, 11) is 0. The predicted molar refractivity (Wildman–Crippen MR) is 313 cm³/mol. The number of carbonyl (C=O) groups is 1. The van der Waals surface area contributed by atoms with E-state index in [4.69, 9.17) is 0 Å². The first-order valence-electron chi connectivity index (χ1n) is 30.5. The van der Waals surface area contributed by atoms with E-state index >= 15 is 0 Å². The van der Waals surface area contributed by atoms with Gasteiger partial charge in [-0.2, -0.15) is 0 Å². The zero-order valence-electron chi connectivity index (χ0n) is 46.5. The molecule has 4 heteroatoms. The van der Waals surface area contributed by atoms with Crippen molar-refractivity contribution < 1.29 is 15.0 Å². The number of unbranched alkanes of at least 4 members (excludes halogenated alkanes) is 34. The third-order valence-electron chi connectivity index (χ3n) is 13.6. The van der Waals surface area contributed by atoms with E-state index in [1.54, 1.807) is 6.08 Å². The van der Waals surface area contributed by atoms with E-state index in [1.165, 1.54) is 205 Å². The smallest absolute Gasteiger partial charge is 0.220 e. The Morgan fingerprint density at radius 2 is 0.629 bits per heavy atom. The maximum absolute atomic E-state index is 12.5. The molecular weight excluding hydrogens is 855 g/mol. The summed E-state index contributed by atoms with van der Waals surface area (Å²) in [6, 6.07) is -0.625. The molecule has 0 aromatic heterocycles. The number of aliphatic hydroxyl groups excluding tert-OH is 2. The molecule has 404 valence electrons. The van der Waals surface area contributed by atoms with Crippen molar-refractivity contribution in [2.45, 2.75) is 309 Å². The first-order valence-corrected chi connectivity index (χ1v) is 30.5. The number of aliphatic hydroxyl groups is 2. The fourth-order valence-corrected chi connectivity index (χ4v) is 8.98. The molecule has 70 heavy (non-hydrogen) atoms. The van der Waals surface area contributed by atoms with Crippen LogP contribution in [0, 0.1) is 0 Å². The van der Waals surface area contributed by atoms with E-state index in [1.807, 2.05) is 6.08 Å². The molecule has 3 N–H and O–H groups in total. The molecule has 0 aliphatic rings. The van der Waals surface area contributed by atoms with Crippen LogP contribution in [0.25, 0.3) is 0 Å². The van der Waals surface area contributed by atoms with Crippen molar-refractivity contribution in [3.8, 4) is 0 Å². The lowest BCUT2D eigenvalue weighted by atomic mass is 10.0. The summed E-state index contributed by atoms with van der Waals surface area (Å²) in [6.45, 7) is 4.21. The van der Waals surface area contributed by atoms with Crippen molar-refractivity contribution >= 4 is 5.91 Å². The molecule has 2 unspecified atom stereocenters. The molecule has 0 heterocycles. The molecule has 0 spiro atoms. The molecule has 2 atom stereocenters. The lowest BCUT2D eigenvalue weighted by molar-refractivity contribution is -0.123. The first-order chi connectivity index (χ1) is 34.7. The summed E-state index contributed by atoms with van der Waals surface area (Å²) in [5.41, 5.74) is 0. The number of carbonyl (C=O) groups excluding carboxylic acids is 1. The van der Waals surface area contributed by atoms with Crippen LogP contribution in [-0.2, 0) is 4.79 Å². The first kappa shape index (κ1) is 67.3. The van der Waals surface area contributed by atoms with Gasteiger partial charge in [0.1, 0.15) is 0 Å². The lowest BCUT2D eigenvalue weighted by Gasteiger charge is -2.20. The average molecular weight is 973 g/mol. The van der Waals surface area contributed by atoms with Crippen LogP contribution in [-0.4, -0.2) is 34.9 Å². The maximum Gasteiger partial charge on any atom is 0.220 e. The monoisotopic (exact) mass is 972 g/mol. The van der Waals surface area contributed by atoms with Crippen LogP contribution in [0.4, 0.5) is 0 Å². The van der Waals surface area contributed by atoms with Gasteiger partial charge >= 0.3 is 0 Å². The largest absolute Gasteiger partial charge is 0.394 e. The zero-order chi connectivity index (χ0) is 50.6. The third kappa shape index (κ3) is 56.2.